The summed E-state index contributed by atoms with van der Waals surface area (Å²) in [5.74, 6) is 0.313. The highest BCUT2D eigenvalue weighted by atomic mass is 16.1. The number of rotatable bonds is 4. The molecule has 4 nitrogen and oxygen atoms in total. The maximum Gasteiger partial charge on any atom is 0.258 e. The van der Waals surface area contributed by atoms with Gasteiger partial charge in [0.1, 0.15) is 0 Å². The van der Waals surface area contributed by atoms with Crippen LogP contribution in [0, 0.1) is 0 Å². The highest BCUT2D eigenvalue weighted by Crippen LogP contribution is 2.18. The highest BCUT2D eigenvalue weighted by Gasteiger charge is 2.10. The van der Waals surface area contributed by atoms with E-state index in [1.54, 1.807) is 17.1 Å². The summed E-state index contributed by atoms with van der Waals surface area (Å²) < 4.78 is 1.69. The third-order valence-corrected chi connectivity index (χ3v) is 3.70. The number of amides is 1. The lowest BCUT2D eigenvalue weighted by Gasteiger charge is -2.07. The first-order valence-electron chi connectivity index (χ1n) is 7.65. The van der Waals surface area contributed by atoms with Gasteiger partial charge in [-0.15, -0.1) is 0 Å². The van der Waals surface area contributed by atoms with Gasteiger partial charge in [-0.3, -0.25) is 4.79 Å². The number of nitrogens with one attached hydrogen (secondary N) is 1. The number of benzene rings is 2. The van der Waals surface area contributed by atoms with Gasteiger partial charge in [0.2, 0.25) is 0 Å². The molecule has 0 aliphatic heterocycles. The molecular weight excluding hydrogens is 286 g/mol. The maximum atomic E-state index is 12.3. The van der Waals surface area contributed by atoms with E-state index in [4.69, 9.17) is 0 Å². The van der Waals surface area contributed by atoms with Crippen molar-refractivity contribution in [3.05, 3.63) is 78.1 Å². The normalized spacial score (nSPS) is 10.7. The minimum Gasteiger partial charge on any atom is -0.322 e. The standard InChI is InChI=1S/C19H19N3O/c1-14(2)15-8-10-17(11-9-15)21-19(23)16-12-20-22(13-16)18-6-4-3-5-7-18/h3-14H,1-2H3,(H,21,23). The van der Waals surface area contributed by atoms with Gasteiger partial charge < -0.3 is 5.32 Å². The van der Waals surface area contributed by atoms with E-state index in [-0.39, 0.29) is 5.91 Å². The molecule has 0 saturated heterocycles. The van der Waals surface area contributed by atoms with Crippen molar-refractivity contribution in [2.75, 3.05) is 5.32 Å². The van der Waals surface area contributed by atoms with E-state index >= 15 is 0 Å². The van der Waals surface area contributed by atoms with Crippen LogP contribution in [0.3, 0.4) is 0 Å². The van der Waals surface area contributed by atoms with E-state index in [0.29, 0.717) is 11.5 Å². The van der Waals surface area contributed by atoms with Crippen molar-refractivity contribution in [3.63, 3.8) is 0 Å². The summed E-state index contributed by atoms with van der Waals surface area (Å²) in [7, 11) is 0. The van der Waals surface area contributed by atoms with Gasteiger partial charge in [0, 0.05) is 11.9 Å². The number of hydrogen-bond acceptors (Lipinski definition) is 2. The van der Waals surface area contributed by atoms with Crippen LogP contribution in [0.15, 0.2) is 67.0 Å². The summed E-state index contributed by atoms with van der Waals surface area (Å²) in [6.07, 6.45) is 3.30. The number of hydrogen-bond donors (Lipinski definition) is 1. The monoisotopic (exact) mass is 305 g/mol. The number of nitrogens with zero attached hydrogens (tertiary/aromatic N) is 2. The first kappa shape index (κ1) is 15.0. The lowest BCUT2D eigenvalue weighted by atomic mass is 10.0. The van der Waals surface area contributed by atoms with Crippen LogP contribution in [0.4, 0.5) is 5.69 Å². The maximum absolute atomic E-state index is 12.3. The summed E-state index contributed by atoms with van der Waals surface area (Å²) in [5.41, 5.74) is 3.49. The van der Waals surface area contributed by atoms with Crippen molar-refractivity contribution in [2.24, 2.45) is 0 Å². The molecule has 1 aromatic heterocycles. The van der Waals surface area contributed by atoms with Gasteiger partial charge in [-0.25, -0.2) is 4.68 Å². The van der Waals surface area contributed by atoms with Crippen molar-refractivity contribution >= 4 is 11.6 Å². The first-order chi connectivity index (χ1) is 11.1. The lowest BCUT2D eigenvalue weighted by molar-refractivity contribution is 0.102. The third-order valence-electron chi connectivity index (χ3n) is 3.70. The Kier molecular flexibility index (Phi) is 4.24. The van der Waals surface area contributed by atoms with E-state index in [2.05, 4.69) is 24.3 Å². The van der Waals surface area contributed by atoms with Gasteiger partial charge >= 0.3 is 0 Å². The van der Waals surface area contributed by atoms with Crippen molar-refractivity contribution in [2.45, 2.75) is 19.8 Å². The van der Waals surface area contributed by atoms with E-state index in [0.717, 1.165) is 11.4 Å². The van der Waals surface area contributed by atoms with E-state index in [9.17, 15) is 4.79 Å². The van der Waals surface area contributed by atoms with Crippen LogP contribution in [-0.2, 0) is 0 Å². The SMILES string of the molecule is CC(C)c1ccc(NC(=O)c2cnn(-c3ccccc3)c2)cc1. The van der Waals surface area contributed by atoms with Crippen LogP contribution in [0.25, 0.3) is 5.69 Å². The molecule has 4 heteroatoms. The Labute approximate surface area is 135 Å². The molecule has 0 aliphatic carbocycles. The average molecular weight is 305 g/mol. The molecule has 0 atom stereocenters. The predicted molar refractivity (Wildman–Crippen MR) is 92.0 cm³/mol. The van der Waals surface area contributed by atoms with Gasteiger partial charge in [0.15, 0.2) is 0 Å². The molecule has 0 aliphatic rings. The zero-order valence-corrected chi connectivity index (χ0v) is 13.2. The third kappa shape index (κ3) is 3.48. The lowest BCUT2D eigenvalue weighted by Crippen LogP contribution is -2.11. The second kappa shape index (κ2) is 6.48. The van der Waals surface area contributed by atoms with Gasteiger partial charge in [-0.2, -0.15) is 5.10 Å². The van der Waals surface area contributed by atoms with Gasteiger partial charge in [0.05, 0.1) is 17.4 Å². The summed E-state index contributed by atoms with van der Waals surface area (Å²) in [5, 5.41) is 7.14. The molecule has 2 aromatic carbocycles. The Bertz CT molecular complexity index is 789. The quantitative estimate of drug-likeness (QED) is 0.783. The molecule has 116 valence electrons. The second-order valence-electron chi connectivity index (χ2n) is 5.74. The van der Waals surface area contributed by atoms with Crippen LogP contribution in [0.5, 0.6) is 0 Å². The molecule has 1 N–H and O–H groups in total. The molecule has 0 fully saturated rings. The molecule has 0 bridgehead atoms. The number of para-hydroxylation sites is 1. The van der Waals surface area contributed by atoms with E-state index in [1.807, 2.05) is 54.6 Å². The van der Waals surface area contributed by atoms with Crippen molar-refractivity contribution < 1.29 is 4.79 Å². The molecule has 0 radical (unpaired) electrons. The Hall–Kier alpha value is -2.88. The minimum absolute atomic E-state index is 0.163. The van der Waals surface area contributed by atoms with Crippen LogP contribution in [0.1, 0.15) is 35.7 Å². The average Bonchev–Trinajstić information content (AvgIpc) is 3.06. The Morgan fingerprint density at radius 3 is 2.39 bits per heavy atom. The molecule has 0 unspecified atom stereocenters. The minimum atomic E-state index is -0.163. The fourth-order valence-electron chi connectivity index (χ4n) is 2.32. The number of anilines is 1. The summed E-state index contributed by atoms with van der Waals surface area (Å²) in [6, 6.07) is 17.6. The van der Waals surface area contributed by atoms with Crippen LogP contribution in [-0.4, -0.2) is 15.7 Å². The molecule has 0 saturated carbocycles. The molecule has 0 spiro atoms. The second-order valence-corrected chi connectivity index (χ2v) is 5.74. The molecule has 3 aromatic rings. The smallest absolute Gasteiger partial charge is 0.258 e. The predicted octanol–water partition coefficient (Wildman–Crippen LogP) is 4.25. The summed E-state index contributed by atoms with van der Waals surface area (Å²) >= 11 is 0. The zero-order valence-electron chi connectivity index (χ0n) is 13.2. The molecule has 3 rings (SSSR count). The van der Waals surface area contributed by atoms with Crippen LogP contribution < -0.4 is 5.32 Å². The highest BCUT2D eigenvalue weighted by molar-refractivity contribution is 6.03. The topological polar surface area (TPSA) is 46.9 Å². The van der Waals surface area contributed by atoms with Gasteiger partial charge in [-0.05, 0) is 35.7 Å². The summed E-state index contributed by atoms with van der Waals surface area (Å²) in [6.45, 7) is 4.29. The van der Waals surface area contributed by atoms with Crippen molar-refractivity contribution in [3.8, 4) is 5.69 Å². The van der Waals surface area contributed by atoms with Crippen LogP contribution in [0.2, 0.25) is 0 Å². The fraction of sp³-hybridized carbons (Fsp3) is 0.158. The molecule has 1 amide bonds. The summed E-state index contributed by atoms with van der Waals surface area (Å²) in [4.78, 5) is 12.3. The van der Waals surface area contributed by atoms with E-state index < -0.39 is 0 Å². The molecule has 23 heavy (non-hydrogen) atoms. The van der Waals surface area contributed by atoms with Gasteiger partial charge in [-0.1, -0.05) is 44.2 Å². The molecule has 1 heterocycles. The van der Waals surface area contributed by atoms with Crippen molar-refractivity contribution in [1.29, 1.82) is 0 Å². The Morgan fingerprint density at radius 1 is 1.04 bits per heavy atom. The molecular formula is C19H19N3O. The number of carbonyl (C=O) groups excluding carboxylic acids is 1. The Balaban J connectivity index is 1.72. The van der Waals surface area contributed by atoms with E-state index in [1.165, 1.54) is 5.56 Å². The van der Waals surface area contributed by atoms with Gasteiger partial charge in [0.25, 0.3) is 5.91 Å². The number of carbonyl (C=O) groups is 1. The van der Waals surface area contributed by atoms with Crippen molar-refractivity contribution in [1.82, 2.24) is 9.78 Å². The van der Waals surface area contributed by atoms with Crippen LogP contribution >= 0.6 is 0 Å². The largest absolute Gasteiger partial charge is 0.322 e. The first-order valence-corrected chi connectivity index (χ1v) is 7.65. The fourth-order valence-corrected chi connectivity index (χ4v) is 2.32. The number of aromatic nitrogens is 2. The zero-order chi connectivity index (χ0) is 16.2. The Morgan fingerprint density at radius 2 is 1.74 bits per heavy atom.